The van der Waals surface area contributed by atoms with Gasteiger partial charge in [-0.1, -0.05) is 54.0 Å². The summed E-state index contributed by atoms with van der Waals surface area (Å²) in [6, 6.07) is 14.5. The summed E-state index contributed by atoms with van der Waals surface area (Å²) in [7, 11) is -3.61. The fourth-order valence-corrected chi connectivity index (χ4v) is 4.05. The number of benzene rings is 2. The molecule has 0 bridgehead atoms. The molecule has 0 heterocycles. The summed E-state index contributed by atoms with van der Waals surface area (Å²) in [5.74, 6) is -0.198. The minimum atomic E-state index is -3.61. The largest absolute Gasteiger partial charge is 0.352 e. The zero-order chi connectivity index (χ0) is 21.3. The summed E-state index contributed by atoms with van der Waals surface area (Å²) in [5, 5.41) is 2.82. The average molecular weight is 482 g/mol. The summed E-state index contributed by atoms with van der Waals surface area (Å²) in [5.41, 5.74) is 2.25. The first-order chi connectivity index (χ1) is 13.8. The number of hydrogen-bond donors (Lipinski definition) is 2. The maximum atomic E-state index is 12.2. The van der Waals surface area contributed by atoms with Crippen molar-refractivity contribution in [2.45, 2.75) is 38.3 Å². The second kappa shape index (κ2) is 11.4. The Balaban J connectivity index is 1.75. The lowest BCUT2D eigenvalue weighted by atomic mass is 10.1. The molecule has 0 radical (unpaired) electrons. The number of carbonyl (C=O) groups is 1. The average Bonchev–Trinajstić information content (AvgIpc) is 2.71. The Kier molecular flexibility index (Phi) is 9.29. The van der Waals surface area contributed by atoms with Gasteiger partial charge in [0.05, 0.1) is 4.90 Å². The van der Waals surface area contributed by atoms with Gasteiger partial charge in [-0.15, -0.1) is 0 Å². The smallest absolute Gasteiger partial charge is 0.240 e. The van der Waals surface area contributed by atoms with Gasteiger partial charge in [-0.05, 0) is 48.5 Å². The molecule has 0 atom stereocenters. The normalized spacial score (nSPS) is 11.6. The number of halogens is 1. The van der Waals surface area contributed by atoms with Crippen molar-refractivity contribution in [3.63, 3.8) is 0 Å². The zero-order valence-corrected chi connectivity index (χ0v) is 19.2. The molecule has 2 N–H and O–H groups in total. The van der Waals surface area contributed by atoms with E-state index in [-0.39, 0.29) is 23.8 Å². The molecule has 0 unspecified atom stereocenters. The highest BCUT2D eigenvalue weighted by molar-refractivity contribution is 9.10. The fraction of sp³-hybridized carbons (Fsp3) is 0.381. The van der Waals surface area contributed by atoms with Gasteiger partial charge >= 0.3 is 0 Å². The number of sulfonamides is 1. The number of carbonyl (C=O) groups excluding carboxylic acids is 1. The minimum Gasteiger partial charge on any atom is -0.352 e. The third-order valence-electron chi connectivity index (χ3n) is 4.58. The summed E-state index contributed by atoms with van der Waals surface area (Å²) in [4.78, 5) is 14.5. The lowest BCUT2D eigenvalue weighted by molar-refractivity contribution is -0.121. The number of nitrogens with one attached hydrogen (secondary N) is 2. The van der Waals surface area contributed by atoms with E-state index in [0.717, 1.165) is 29.7 Å². The lowest BCUT2D eigenvalue weighted by Crippen LogP contribution is -2.30. The maximum absolute atomic E-state index is 12.2. The molecule has 2 aromatic rings. The Morgan fingerprint density at radius 3 is 2.14 bits per heavy atom. The van der Waals surface area contributed by atoms with Gasteiger partial charge in [-0.3, -0.25) is 9.69 Å². The molecule has 2 rings (SSSR count). The molecule has 0 aliphatic heterocycles. The van der Waals surface area contributed by atoms with Crippen molar-refractivity contribution < 1.29 is 13.2 Å². The Hall–Kier alpha value is -1.74. The first-order valence-electron chi connectivity index (χ1n) is 9.66. The lowest BCUT2D eigenvalue weighted by Gasteiger charge is -2.18. The van der Waals surface area contributed by atoms with Crippen molar-refractivity contribution in [2.75, 3.05) is 19.6 Å². The molecule has 0 fully saturated rings. The van der Waals surface area contributed by atoms with Crippen LogP contribution in [0.25, 0.3) is 0 Å². The van der Waals surface area contributed by atoms with Crippen molar-refractivity contribution in [3.8, 4) is 0 Å². The zero-order valence-electron chi connectivity index (χ0n) is 16.8. The molecule has 29 heavy (non-hydrogen) atoms. The summed E-state index contributed by atoms with van der Waals surface area (Å²) in [6.45, 7) is 7.70. The standard InChI is InChI=1S/C21H28BrN3O3S/c1-3-25(4-2)16-18-7-5-17(6-8-18)15-23-21(26)13-14-24-29(27,28)20-11-9-19(22)10-12-20/h5-12,24H,3-4,13-16H2,1-2H3,(H,23,26). The Bertz CT molecular complexity index is 880. The molecule has 0 saturated heterocycles. The Labute approximate surface area is 181 Å². The van der Waals surface area contributed by atoms with E-state index in [1.165, 1.54) is 17.7 Å². The highest BCUT2D eigenvalue weighted by Gasteiger charge is 2.13. The molecule has 2 aromatic carbocycles. The van der Waals surface area contributed by atoms with Gasteiger partial charge in [0, 0.05) is 30.5 Å². The van der Waals surface area contributed by atoms with E-state index in [1.807, 2.05) is 12.1 Å². The number of hydrogen-bond acceptors (Lipinski definition) is 4. The van der Waals surface area contributed by atoms with Crippen LogP contribution in [0.4, 0.5) is 0 Å². The highest BCUT2D eigenvalue weighted by atomic mass is 79.9. The van der Waals surface area contributed by atoms with E-state index >= 15 is 0 Å². The van der Waals surface area contributed by atoms with Crippen LogP contribution in [0.2, 0.25) is 0 Å². The number of nitrogens with zero attached hydrogens (tertiary/aromatic N) is 1. The molecule has 0 saturated carbocycles. The minimum absolute atomic E-state index is 0.0486. The van der Waals surface area contributed by atoms with Gasteiger partial charge in [0.1, 0.15) is 0 Å². The second-order valence-corrected chi connectivity index (χ2v) is 9.34. The predicted molar refractivity (Wildman–Crippen MR) is 119 cm³/mol. The van der Waals surface area contributed by atoms with E-state index in [1.54, 1.807) is 12.1 Å². The van der Waals surface area contributed by atoms with Crippen molar-refractivity contribution in [2.24, 2.45) is 0 Å². The van der Waals surface area contributed by atoms with Crippen LogP contribution in [0.5, 0.6) is 0 Å². The van der Waals surface area contributed by atoms with Gasteiger partial charge in [0.15, 0.2) is 0 Å². The van der Waals surface area contributed by atoms with Crippen LogP contribution >= 0.6 is 15.9 Å². The van der Waals surface area contributed by atoms with E-state index < -0.39 is 10.0 Å². The van der Waals surface area contributed by atoms with Crippen LogP contribution in [0, 0.1) is 0 Å². The summed E-state index contributed by atoms with van der Waals surface area (Å²) >= 11 is 3.27. The van der Waals surface area contributed by atoms with Crippen LogP contribution in [-0.4, -0.2) is 38.9 Å². The predicted octanol–water partition coefficient (Wildman–Crippen LogP) is 3.28. The Morgan fingerprint density at radius 2 is 1.55 bits per heavy atom. The van der Waals surface area contributed by atoms with E-state index in [2.05, 4.69) is 56.8 Å². The van der Waals surface area contributed by atoms with Gasteiger partial charge in [0.25, 0.3) is 0 Å². The van der Waals surface area contributed by atoms with Gasteiger partial charge in [0.2, 0.25) is 15.9 Å². The van der Waals surface area contributed by atoms with Crippen LogP contribution < -0.4 is 10.0 Å². The molecule has 0 aromatic heterocycles. The van der Waals surface area contributed by atoms with Crippen LogP contribution in [0.1, 0.15) is 31.4 Å². The van der Waals surface area contributed by atoms with Gasteiger partial charge in [-0.2, -0.15) is 0 Å². The molecule has 8 heteroatoms. The van der Waals surface area contributed by atoms with Crippen LogP contribution in [0.15, 0.2) is 57.9 Å². The molecular weight excluding hydrogens is 454 g/mol. The second-order valence-electron chi connectivity index (χ2n) is 6.66. The Morgan fingerprint density at radius 1 is 0.966 bits per heavy atom. The first-order valence-corrected chi connectivity index (χ1v) is 11.9. The molecular formula is C21H28BrN3O3S. The van der Waals surface area contributed by atoms with E-state index in [0.29, 0.717) is 6.54 Å². The first kappa shape index (κ1) is 23.5. The van der Waals surface area contributed by atoms with E-state index in [4.69, 9.17) is 0 Å². The molecule has 0 spiro atoms. The highest BCUT2D eigenvalue weighted by Crippen LogP contribution is 2.14. The van der Waals surface area contributed by atoms with Crippen molar-refractivity contribution >= 4 is 31.9 Å². The summed E-state index contributed by atoms with van der Waals surface area (Å²) < 4.78 is 27.6. The molecule has 0 aliphatic carbocycles. The third-order valence-corrected chi connectivity index (χ3v) is 6.59. The fourth-order valence-electron chi connectivity index (χ4n) is 2.75. The topological polar surface area (TPSA) is 78.5 Å². The number of rotatable bonds is 11. The SMILES string of the molecule is CCN(CC)Cc1ccc(CNC(=O)CCNS(=O)(=O)c2ccc(Br)cc2)cc1. The van der Waals surface area contributed by atoms with Crippen LogP contribution in [-0.2, 0) is 27.9 Å². The van der Waals surface area contributed by atoms with Crippen molar-refractivity contribution in [1.29, 1.82) is 0 Å². The van der Waals surface area contributed by atoms with Gasteiger partial charge in [-0.25, -0.2) is 13.1 Å². The van der Waals surface area contributed by atoms with Crippen molar-refractivity contribution in [1.82, 2.24) is 14.9 Å². The third kappa shape index (κ3) is 7.89. The quantitative estimate of drug-likeness (QED) is 0.516. The summed E-state index contributed by atoms with van der Waals surface area (Å²) in [6.07, 6.45) is 0.0792. The van der Waals surface area contributed by atoms with E-state index in [9.17, 15) is 13.2 Å². The molecule has 1 amide bonds. The molecule has 158 valence electrons. The van der Waals surface area contributed by atoms with Crippen molar-refractivity contribution in [3.05, 3.63) is 64.1 Å². The van der Waals surface area contributed by atoms with Crippen LogP contribution in [0.3, 0.4) is 0 Å². The maximum Gasteiger partial charge on any atom is 0.240 e. The molecule has 6 nitrogen and oxygen atoms in total. The monoisotopic (exact) mass is 481 g/mol. The van der Waals surface area contributed by atoms with Gasteiger partial charge < -0.3 is 5.32 Å². The molecule has 0 aliphatic rings. The number of amides is 1.